The summed E-state index contributed by atoms with van der Waals surface area (Å²) in [6.07, 6.45) is 3.67. The minimum Gasteiger partial charge on any atom is -0.500 e. The van der Waals surface area contributed by atoms with Gasteiger partial charge in [0.05, 0.1) is 13.7 Å². The van der Waals surface area contributed by atoms with Gasteiger partial charge in [0, 0.05) is 44.6 Å². The third kappa shape index (κ3) is 7.17. The SMILES string of the molecule is CC(C)c1ccnc(-c2[c-]cc3c4ccccc4c4ccccc4c3c2)c1.[2H]C(C)(C)c1ccnc(-c2[c-]ccc3c2oc2c4ccc([Si](C)(C)C)cc4ccc32)c1.[Ir]. The fraction of sp³-hybridized carbons (Fsp3) is 0.170. The van der Waals surface area contributed by atoms with Crippen molar-refractivity contribution in [2.45, 2.75) is 59.1 Å². The number of rotatable bonds is 5. The summed E-state index contributed by atoms with van der Waals surface area (Å²) >= 11 is 0. The molecule has 10 rings (SSSR count). The summed E-state index contributed by atoms with van der Waals surface area (Å²) in [6.45, 7) is 15.3. The van der Waals surface area contributed by atoms with E-state index in [9.17, 15) is 0 Å². The van der Waals surface area contributed by atoms with E-state index in [-0.39, 0.29) is 20.1 Å². The van der Waals surface area contributed by atoms with Crippen LogP contribution in [0.1, 0.15) is 52.0 Å². The molecule has 10 aromatic rings. The minimum absolute atomic E-state index is 0. The van der Waals surface area contributed by atoms with Crippen LogP contribution in [0.25, 0.3) is 87.5 Å². The summed E-state index contributed by atoms with van der Waals surface area (Å²) < 4.78 is 14.9. The molecule has 0 fully saturated rings. The quantitative estimate of drug-likeness (QED) is 0.0980. The number of fused-ring (bicyclic) bond motifs is 11. The zero-order valence-corrected chi connectivity index (χ0v) is 37.4. The van der Waals surface area contributed by atoms with Crippen LogP contribution < -0.4 is 5.19 Å². The van der Waals surface area contributed by atoms with Crippen molar-refractivity contribution in [2.75, 3.05) is 0 Å². The molecule has 3 nitrogen and oxygen atoms in total. The van der Waals surface area contributed by atoms with Gasteiger partial charge in [0.1, 0.15) is 5.58 Å². The second-order valence-electron chi connectivity index (χ2n) is 16.6. The number of hydrogen-bond donors (Lipinski definition) is 0. The summed E-state index contributed by atoms with van der Waals surface area (Å²) in [7, 11) is -1.38. The van der Waals surface area contributed by atoms with E-state index in [2.05, 4.69) is 165 Å². The molecule has 0 saturated heterocycles. The number of pyridine rings is 2. The van der Waals surface area contributed by atoms with Gasteiger partial charge in [-0.1, -0.05) is 182 Å². The summed E-state index contributed by atoms with van der Waals surface area (Å²) in [5.74, 6) is -0.207. The Morgan fingerprint density at radius 3 is 1.84 bits per heavy atom. The van der Waals surface area contributed by atoms with Gasteiger partial charge in [-0.15, -0.1) is 42.0 Å². The van der Waals surface area contributed by atoms with E-state index >= 15 is 0 Å². The number of nitrogens with zero attached hydrogens (tertiary/aromatic N) is 2. The Morgan fingerprint density at radius 2 is 1.17 bits per heavy atom. The van der Waals surface area contributed by atoms with Gasteiger partial charge in [-0.05, 0) is 56.9 Å². The molecule has 0 saturated carbocycles. The Labute approximate surface area is 356 Å². The van der Waals surface area contributed by atoms with E-state index in [1.165, 1.54) is 48.5 Å². The van der Waals surface area contributed by atoms with Crippen LogP contribution in [0.2, 0.25) is 19.6 Å². The molecule has 3 aromatic heterocycles. The van der Waals surface area contributed by atoms with Crippen molar-refractivity contribution in [2.24, 2.45) is 0 Å². The molecule has 0 aliphatic rings. The van der Waals surface area contributed by atoms with E-state index in [4.69, 9.17) is 5.79 Å². The summed E-state index contributed by atoms with van der Waals surface area (Å²) in [4.78, 5) is 9.18. The minimum atomic E-state index is -1.38. The van der Waals surface area contributed by atoms with E-state index in [0.717, 1.165) is 55.4 Å². The number of furan rings is 1. The van der Waals surface area contributed by atoms with Crippen LogP contribution in [-0.2, 0) is 20.1 Å². The zero-order valence-electron chi connectivity index (χ0n) is 35.0. The van der Waals surface area contributed by atoms with E-state index < -0.39 is 14.0 Å². The van der Waals surface area contributed by atoms with Crippen molar-refractivity contribution in [1.29, 1.82) is 0 Å². The Hall–Kier alpha value is -5.45. The van der Waals surface area contributed by atoms with Gasteiger partial charge < -0.3 is 14.4 Å². The maximum Gasteiger partial charge on any atom is 0.128 e. The maximum atomic E-state index is 8.38. The van der Waals surface area contributed by atoms with Crippen LogP contribution in [-0.4, -0.2) is 18.0 Å². The van der Waals surface area contributed by atoms with Crippen LogP contribution in [0.15, 0.2) is 144 Å². The second kappa shape index (κ2) is 15.7. The first-order valence-corrected chi connectivity index (χ1v) is 23.3. The molecule has 7 aromatic carbocycles. The second-order valence-corrected chi connectivity index (χ2v) is 21.7. The Balaban J connectivity index is 0.000000163. The van der Waals surface area contributed by atoms with Crippen molar-refractivity contribution in [1.82, 2.24) is 9.97 Å². The smallest absolute Gasteiger partial charge is 0.128 e. The molecule has 58 heavy (non-hydrogen) atoms. The van der Waals surface area contributed by atoms with E-state index in [1.807, 2.05) is 38.2 Å². The Bertz CT molecular complexity index is 3160. The van der Waals surface area contributed by atoms with E-state index in [1.54, 1.807) is 6.20 Å². The predicted octanol–water partition coefficient (Wildman–Crippen LogP) is 14.4. The van der Waals surface area contributed by atoms with Gasteiger partial charge in [-0.25, -0.2) is 0 Å². The topological polar surface area (TPSA) is 38.9 Å². The fourth-order valence-electron chi connectivity index (χ4n) is 8.01. The molecule has 3 heterocycles. The van der Waals surface area contributed by atoms with Crippen LogP contribution in [0.3, 0.4) is 0 Å². The van der Waals surface area contributed by atoms with Crippen LogP contribution in [0.5, 0.6) is 0 Å². The molecule has 0 aliphatic carbocycles. The Kier molecular flexibility index (Phi) is 10.3. The molecule has 5 heteroatoms. The van der Waals surface area contributed by atoms with Gasteiger partial charge in [0.15, 0.2) is 0 Å². The molecule has 0 spiro atoms. The van der Waals surface area contributed by atoms with Crippen LogP contribution >= 0.6 is 0 Å². The normalized spacial score (nSPS) is 12.3. The maximum absolute atomic E-state index is 8.38. The first kappa shape index (κ1) is 38.1. The average molecular weight is 948 g/mol. The molecule has 0 unspecified atom stereocenters. The van der Waals surface area contributed by atoms with Crippen molar-refractivity contribution >= 4 is 78.3 Å². The van der Waals surface area contributed by atoms with Crippen LogP contribution in [0, 0.1) is 12.1 Å². The van der Waals surface area contributed by atoms with Crippen LogP contribution in [0.4, 0.5) is 0 Å². The number of benzene rings is 7. The summed E-state index contributed by atoms with van der Waals surface area (Å²) in [5.41, 5.74) is 7.59. The molecular weight excluding hydrogens is 901 g/mol. The molecule has 289 valence electrons. The molecule has 0 atom stereocenters. The molecule has 0 N–H and O–H groups in total. The molecule has 0 bridgehead atoms. The zero-order chi connectivity index (χ0) is 40.3. The summed E-state index contributed by atoms with van der Waals surface area (Å²) in [5, 5.41) is 13.6. The van der Waals surface area contributed by atoms with Gasteiger partial charge in [0.25, 0.3) is 0 Å². The largest absolute Gasteiger partial charge is 0.500 e. The Morgan fingerprint density at radius 1 is 0.569 bits per heavy atom. The van der Waals surface area contributed by atoms with Gasteiger partial charge >= 0.3 is 0 Å². The van der Waals surface area contributed by atoms with Crippen molar-refractivity contribution in [3.63, 3.8) is 0 Å². The standard InChI is InChI=1S/C27H26NOSi.C26H20N.Ir/c1-17(2)18-13-14-28-25(16-18)24-8-6-7-22-23-11-9-19-15-20(30(3,4)5)10-12-21(19)26(23)29-27(22)24;1-17(2)18-13-14-27-26(16-18)19-11-12-24-22-9-4-3-7-20(22)21-8-5-6-10-23(21)25(24)15-19;/h6-7,9-17H,1-5H3;3-10,12-17H,1-2H3;/q2*-1;/i17D;;. The molecular formula is C53H46IrN2OSi-2. The third-order valence-electron chi connectivity index (χ3n) is 11.3. The molecule has 0 amide bonds. The first-order valence-electron chi connectivity index (χ1n) is 20.3. The van der Waals surface area contributed by atoms with Gasteiger partial charge in [-0.2, -0.15) is 0 Å². The van der Waals surface area contributed by atoms with Gasteiger partial charge in [0.2, 0.25) is 0 Å². The van der Waals surface area contributed by atoms with Crippen molar-refractivity contribution in [3.05, 3.63) is 163 Å². The van der Waals surface area contributed by atoms with Crippen molar-refractivity contribution < 1.29 is 25.9 Å². The van der Waals surface area contributed by atoms with E-state index in [0.29, 0.717) is 5.92 Å². The third-order valence-corrected chi connectivity index (χ3v) is 13.3. The predicted molar refractivity (Wildman–Crippen MR) is 245 cm³/mol. The van der Waals surface area contributed by atoms with Crippen molar-refractivity contribution in [3.8, 4) is 22.5 Å². The average Bonchev–Trinajstić information content (AvgIpc) is 3.63. The summed E-state index contributed by atoms with van der Waals surface area (Å²) in [6, 6.07) is 51.8. The fourth-order valence-corrected chi connectivity index (χ4v) is 9.18. The monoisotopic (exact) mass is 948 g/mol. The number of aromatic nitrogens is 2. The number of hydrogen-bond acceptors (Lipinski definition) is 3. The first-order chi connectivity index (χ1) is 27.8. The van der Waals surface area contributed by atoms with Gasteiger partial charge in [-0.3, -0.25) is 0 Å². The molecule has 1 radical (unpaired) electrons. The molecule has 0 aliphatic heterocycles.